The van der Waals surface area contributed by atoms with Gasteiger partial charge in [0.1, 0.15) is 5.78 Å². The van der Waals surface area contributed by atoms with Gasteiger partial charge >= 0.3 is 0 Å². The van der Waals surface area contributed by atoms with E-state index in [-0.39, 0.29) is 0 Å². The van der Waals surface area contributed by atoms with Gasteiger partial charge in [-0.1, -0.05) is 12.8 Å². The molecule has 0 spiro atoms. The summed E-state index contributed by atoms with van der Waals surface area (Å²) >= 11 is 2.41. The zero-order valence-corrected chi connectivity index (χ0v) is 10.9. The summed E-state index contributed by atoms with van der Waals surface area (Å²) in [5, 5.41) is 0. The first-order chi connectivity index (χ1) is 6.68. The molecule has 1 saturated heterocycles. The number of halogens is 1. The minimum Gasteiger partial charge on any atom is -0.300 e. The molecule has 80 valence electrons. The van der Waals surface area contributed by atoms with Gasteiger partial charge in [0, 0.05) is 41.9 Å². The molecule has 14 heavy (non-hydrogen) atoms. The summed E-state index contributed by atoms with van der Waals surface area (Å²) in [7, 11) is 0. The lowest BCUT2D eigenvalue weighted by Gasteiger charge is -2.28. The van der Waals surface area contributed by atoms with E-state index >= 15 is 0 Å². The van der Waals surface area contributed by atoms with Gasteiger partial charge in [0.25, 0.3) is 0 Å². The molecule has 0 aromatic heterocycles. The van der Waals surface area contributed by atoms with Crippen LogP contribution < -0.4 is 0 Å². The van der Waals surface area contributed by atoms with Gasteiger partial charge in [-0.15, -0.1) is 0 Å². The molecule has 1 aliphatic carbocycles. The van der Waals surface area contributed by atoms with E-state index in [4.69, 9.17) is 0 Å². The van der Waals surface area contributed by atoms with E-state index < -0.39 is 0 Å². The summed E-state index contributed by atoms with van der Waals surface area (Å²) in [5.74, 6) is 2.04. The first kappa shape index (κ1) is 10.9. The summed E-state index contributed by atoms with van der Waals surface area (Å²) in [6.07, 6.45) is 6.28. The first-order valence-corrected chi connectivity index (χ1v) is 6.57. The molecule has 0 aromatic rings. The molecule has 1 saturated carbocycles. The third-order valence-electron chi connectivity index (χ3n) is 3.73. The number of carbonyl (C=O) groups is 1. The van der Waals surface area contributed by atoms with Gasteiger partial charge in [-0.25, -0.2) is 3.11 Å². The third kappa shape index (κ3) is 2.13. The number of rotatable bonds is 2. The summed E-state index contributed by atoms with van der Waals surface area (Å²) in [6, 6.07) is 0.540. The van der Waals surface area contributed by atoms with Crippen LogP contribution in [0.1, 0.15) is 39.0 Å². The van der Waals surface area contributed by atoms with Crippen molar-refractivity contribution in [1.82, 2.24) is 3.11 Å². The minimum atomic E-state index is 0.350. The Balaban J connectivity index is 2.03. The van der Waals surface area contributed by atoms with Crippen LogP contribution in [0.4, 0.5) is 0 Å². The summed E-state index contributed by atoms with van der Waals surface area (Å²) in [4.78, 5) is 11.2. The Kier molecular flexibility index (Phi) is 3.47. The third-order valence-corrected chi connectivity index (χ3v) is 4.84. The molecule has 1 heterocycles. The van der Waals surface area contributed by atoms with Gasteiger partial charge in [-0.2, -0.15) is 0 Å². The second kappa shape index (κ2) is 4.47. The molecule has 2 nitrogen and oxygen atoms in total. The molecule has 3 atom stereocenters. The van der Waals surface area contributed by atoms with Gasteiger partial charge < -0.3 is 0 Å². The van der Waals surface area contributed by atoms with Crippen LogP contribution in [0.15, 0.2) is 0 Å². The number of hydrogen-bond acceptors (Lipinski definition) is 2. The molecule has 2 aliphatic rings. The molecule has 0 N–H and O–H groups in total. The van der Waals surface area contributed by atoms with Gasteiger partial charge in [0.2, 0.25) is 0 Å². The van der Waals surface area contributed by atoms with Crippen molar-refractivity contribution in [1.29, 1.82) is 0 Å². The fraction of sp³-hybridized carbons (Fsp3) is 0.909. The molecule has 3 heteroatoms. The molecule has 2 rings (SSSR count). The van der Waals surface area contributed by atoms with Crippen LogP contribution in [0.2, 0.25) is 0 Å². The van der Waals surface area contributed by atoms with E-state index in [0.717, 1.165) is 18.3 Å². The van der Waals surface area contributed by atoms with Crippen molar-refractivity contribution in [3.63, 3.8) is 0 Å². The summed E-state index contributed by atoms with van der Waals surface area (Å²) in [6.45, 7) is 2.93. The lowest BCUT2D eigenvalue weighted by molar-refractivity contribution is -0.117. The fourth-order valence-corrected chi connectivity index (χ4v) is 4.20. The largest absolute Gasteiger partial charge is 0.300 e. The Morgan fingerprint density at radius 1 is 1.43 bits per heavy atom. The molecule has 0 amide bonds. The van der Waals surface area contributed by atoms with Crippen molar-refractivity contribution in [2.75, 3.05) is 6.54 Å². The lowest BCUT2D eigenvalue weighted by Crippen LogP contribution is -2.29. The first-order valence-electron chi connectivity index (χ1n) is 5.60. The number of fused-ring (bicyclic) bond motifs is 1. The molecule has 1 aliphatic heterocycles. The normalized spacial score (nSPS) is 38.3. The standard InChI is InChI=1S/C11H18INO/c1-8(14)6-11-10-5-3-2-4-9(10)7-13(11)12/h9-11H,2-7H2,1H3/t9?,10?,11-/m1/s1. The maximum absolute atomic E-state index is 11.2. The number of ketones is 1. The highest BCUT2D eigenvalue weighted by atomic mass is 127. The number of nitrogens with zero attached hydrogens (tertiary/aromatic N) is 1. The van der Waals surface area contributed by atoms with Crippen LogP contribution in [-0.4, -0.2) is 21.5 Å². The van der Waals surface area contributed by atoms with Gasteiger partial charge in [-0.05, 0) is 31.6 Å². The fourth-order valence-electron chi connectivity index (χ4n) is 3.08. The Labute approximate surface area is 99.9 Å². The van der Waals surface area contributed by atoms with Crippen molar-refractivity contribution in [2.45, 2.75) is 45.1 Å². The molecular formula is C11H18INO. The number of carbonyl (C=O) groups excluding carboxylic acids is 1. The maximum atomic E-state index is 11.2. The highest BCUT2D eigenvalue weighted by Gasteiger charge is 2.41. The van der Waals surface area contributed by atoms with E-state index in [2.05, 4.69) is 26.0 Å². The van der Waals surface area contributed by atoms with Crippen molar-refractivity contribution in [3.05, 3.63) is 0 Å². The SMILES string of the molecule is CC(=O)C[C@@H]1C2CCCCC2CN1I. The summed E-state index contributed by atoms with van der Waals surface area (Å²) < 4.78 is 2.39. The predicted octanol–water partition coefficient (Wildman–Crippen LogP) is 2.81. The highest BCUT2D eigenvalue weighted by molar-refractivity contribution is 14.1. The van der Waals surface area contributed by atoms with Crippen LogP contribution in [0.3, 0.4) is 0 Å². The maximum Gasteiger partial charge on any atom is 0.131 e. The second-order valence-electron chi connectivity index (χ2n) is 4.76. The average Bonchev–Trinajstić information content (AvgIpc) is 2.43. The zero-order valence-electron chi connectivity index (χ0n) is 8.71. The lowest BCUT2D eigenvalue weighted by atomic mass is 9.77. The van der Waals surface area contributed by atoms with E-state index in [9.17, 15) is 4.79 Å². The topological polar surface area (TPSA) is 20.3 Å². The van der Waals surface area contributed by atoms with Crippen molar-refractivity contribution in [3.8, 4) is 0 Å². The molecule has 0 bridgehead atoms. The Morgan fingerprint density at radius 2 is 2.14 bits per heavy atom. The van der Waals surface area contributed by atoms with Crippen molar-refractivity contribution in [2.24, 2.45) is 11.8 Å². The minimum absolute atomic E-state index is 0.350. The smallest absolute Gasteiger partial charge is 0.131 e. The van der Waals surface area contributed by atoms with Crippen molar-refractivity contribution >= 4 is 28.6 Å². The number of Topliss-reactive ketones (excluding diaryl/α,β-unsaturated/α-hetero) is 1. The molecule has 0 radical (unpaired) electrons. The van der Waals surface area contributed by atoms with Crippen LogP contribution in [0, 0.1) is 11.8 Å². The van der Waals surface area contributed by atoms with Gasteiger partial charge in [0.15, 0.2) is 0 Å². The van der Waals surface area contributed by atoms with Crippen LogP contribution >= 0.6 is 22.9 Å². The molecule has 2 unspecified atom stereocenters. The van der Waals surface area contributed by atoms with Gasteiger partial charge in [0.05, 0.1) is 0 Å². The molecular weight excluding hydrogens is 289 g/mol. The van der Waals surface area contributed by atoms with E-state index in [1.807, 2.05) is 0 Å². The van der Waals surface area contributed by atoms with E-state index in [0.29, 0.717) is 11.8 Å². The van der Waals surface area contributed by atoms with Crippen LogP contribution in [-0.2, 0) is 4.79 Å². The van der Waals surface area contributed by atoms with Crippen molar-refractivity contribution < 1.29 is 4.79 Å². The predicted molar refractivity (Wildman–Crippen MR) is 65.3 cm³/mol. The Morgan fingerprint density at radius 3 is 2.86 bits per heavy atom. The molecule has 2 fully saturated rings. The highest BCUT2D eigenvalue weighted by Crippen LogP contribution is 2.42. The van der Waals surface area contributed by atoms with E-state index in [1.54, 1.807) is 6.92 Å². The molecule has 0 aromatic carbocycles. The van der Waals surface area contributed by atoms with Crippen LogP contribution in [0.25, 0.3) is 0 Å². The number of hydrogen-bond donors (Lipinski definition) is 0. The Bertz CT molecular complexity index is 231. The quantitative estimate of drug-likeness (QED) is 0.577. The average molecular weight is 307 g/mol. The van der Waals surface area contributed by atoms with Crippen LogP contribution in [0.5, 0.6) is 0 Å². The zero-order chi connectivity index (χ0) is 10.1. The summed E-state index contributed by atoms with van der Waals surface area (Å²) in [5.41, 5.74) is 0. The van der Waals surface area contributed by atoms with Gasteiger partial charge in [-0.3, -0.25) is 4.79 Å². The Hall–Kier alpha value is 0.360. The monoisotopic (exact) mass is 307 g/mol. The second-order valence-corrected chi connectivity index (χ2v) is 6.00. The van der Waals surface area contributed by atoms with E-state index in [1.165, 1.54) is 32.2 Å².